The Morgan fingerprint density at radius 3 is 2.21 bits per heavy atom. The molecular formula is C17H29NO. The lowest BCUT2D eigenvalue weighted by atomic mass is 10.1. The van der Waals surface area contributed by atoms with Crippen molar-refractivity contribution in [2.24, 2.45) is 5.92 Å². The summed E-state index contributed by atoms with van der Waals surface area (Å²) in [6.07, 6.45) is 2.54. The fourth-order valence-electron chi connectivity index (χ4n) is 2.26. The summed E-state index contributed by atoms with van der Waals surface area (Å²) in [6, 6.07) is 8.88. The van der Waals surface area contributed by atoms with E-state index < -0.39 is 0 Å². The molecular weight excluding hydrogens is 234 g/mol. The predicted molar refractivity (Wildman–Crippen MR) is 82.7 cm³/mol. The molecule has 19 heavy (non-hydrogen) atoms. The first kappa shape index (κ1) is 16.0. The van der Waals surface area contributed by atoms with Gasteiger partial charge in [0.2, 0.25) is 0 Å². The SMILES string of the molecule is CCCNC(C)c1ccc(OC(C)CC(C)C)cc1. The van der Waals surface area contributed by atoms with Crippen molar-refractivity contribution in [2.75, 3.05) is 6.54 Å². The van der Waals surface area contributed by atoms with Gasteiger partial charge in [0.05, 0.1) is 6.10 Å². The van der Waals surface area contributed by atoms with Crippen molar-refractivity contribution >= 4 is 0 Å². The van der Waals surface area contributed by atoms with Gasteiger partial charge in [0.1, 0.15) is 5.75 Å². The summed E-state index contributed by atoms with van der Waals surface area (Å²) in [7, 11) is 0. The van der Waals surface area contributed by atoms with E-state index in [9.17, 15) is 0 Å². The van der Waals surface area contributed by atoms with Gasteiger partial charge in [0.15, 0.2) is 0 Å². The van der Waals surface area contributed by atoms with Crippen LogP contribution in [-0.4, -0.2) is 12.6 Å². The highest BCUT2D eigenvalue weighted by molar-refractivity contribution is 5.29. The van der Waals surface area contributed by atoms with Crippen LogP contribution in [0, 0.1) is 5.92 Å². The minimum absolute atomic E-state index is 0.279. The molecule has 0 spiro atoms. The molecule has 2 heteroatoms. The summed E-state index contributed by atoms with van der Waals surface area (Å²) in [5.41, 5.74) is 1.32. The van der Waals surface area contributed by atoms with E-state index >= 15 is 0 Å². The number of rotatable bonds is 8. The third-order valence-corrected chi connectivity index (χ3v) is 3.22. The average Bonchev–Trinajstić information content (AvgIpc) is 2.35. The van der Waals surface area contributed by atoms with Gasteiger partial charge in [-0.3, -0.25) is 0 Å². The summed E-state index contributed by atoms with van der Waals surface area (Å²) >= 11 is 0. The van der Waals surface area contributed by atoms with Gasteiger partial charge >= 0.3 is 0 Å². The Morgan fingerprint density at radius 1 is 1.05 bits per heavy atom. The van der Waals surface area contributed by atoms with Crippen molar-refractivity contribution in [2.45, 2.75) is 59.6 Å². The first-order valence-electron chi connectivity index (χ1n) is 7.53. The molecule has 0 heterocycles. The Kier molecular flexibility index (Phi) is 6.93. The first-order chi connectivity index (χ1) is 9.02. The van der Waals surface area contributed by atoms with Crippen LogP contribution >= 0.6 is 0 Å². The molecule has 1 N–H and O–H groups in total. The summed E-state index contributed by atoms with van der Waals surface area (Å²) < 4.78 is 5.92. The van der Waals surface area contributed by atoms with E-state index in [4.69, 9.17) is 4.74 Å². The zero-order chi connectivity index (χ0) is 14.3. The third-order valence-electron chi connectivity index (χ3n) is 3.22. The molecule has 0 radical (unpaired) electrons. The molecule has 0 amide bonds. The maximum atomic E-state index is 5.92. The topological polar surface area (TPSA) is 21.3 Å². The molecule has 0 fully saturated rings. The van der Waals surface area contributed by atoms with Gasteiger partial charge in [0, 0.05) is 6.04 Å². The maximum Gasteiger partial charge on any atom is 0.119 e. The number of benzene rings is 1. The van der Waals surface area contributed by atoms with Gasteiger partial charge in [0.25, 0.3) is 0 Å². The van der Waals surface area contributed by atoms with Crippen molar-refractivity contribution in [3.05, 3.63) is 29.8 Å². The lowest BCUT2D eigenvalue weighted by molar-refractivity contribution is 0.193. The minimum atomic E-state index is 0.279. The Morgan fingerprint density at radius 2 is 1.68 bits per heavy atom. The molecule has 2 nitrogen and oxygen atoms in total. The summed E-state index contributed by atoms with van der Waals surface area (Å²) in [5, 5.41) is 3.49. The van der Waals surface area contributed by atoms with Crippen LogP contribution in [0.1, 0.15) is 59.1 Å². The second kappa shape index (κ2) is 8.21. The Labute approximate surface area is 118 Å². The molecule has 0 aliphatic heterocycles. The number of hydrogen-bond donors (Lipinski definition) is 1. The van der Waals surface area contributed by atoms with Crippen LogP contribution in [0.5, 0.6) is 5.75 Å². The van der Waals surface area contributed by atoms with E-state index in [2.05, 4.69) is 64.2 Å². The highest BCUT2D eigenvalue weighted by atomic mass is 16.5. The summed E-state index contributed by atoms with van der Waals surface area (Å²) in [6.45, 7) is 12.0. The second-order valence-electron chi connectivity index (χ2n) is 5.80. The normalized spacial score (nSPS) is 14.4. The zero-order valence-corrected chi connectivity index (χ0v) is 13.1. The van der Waals surface area contributed by atoms with Crippen molar-refractivity contribution in [3.63, 3.8) is 0 Å². The largest absolute Gasteiger partial charge is 0.491 e. The van der Waals surface area contributed by atoms with E-state index in [1.807, 2.05) is 0 Å². The molecule has 1 aromatic rings. The molecule has 0 aliphatic carbocycles. The van der Waals surface area contributed by atoms with Crippen molar-refractivity contribution in [3.8, 4) is 5.75 Å². The highest BCUT2D eigenvalue weighted by Gasteiger charge is 2.08. The molecule has 0 saturated heterocycles. The van der Waals surface area contributed by atoms with Gasteiger partial charge in [-0.15, -0.1) is 0 Å². The van der Waals surface area contributed by atoms with E-state index in [0.29, 0.717) is 12.0 Å². The van der Waals surface area contributed by atoms with Gasteiger partial charge < -0.3 is 10.1 Å². The molecule has 1 rings (SSSR count). The molecule has 1 aromatic carbocycles. The molecule has 0 aliphatic rings. The van der Waals surface area contributed by atoms with E-state index in [1.165, 1.54) is 5.56 Å². The second-order valence-corrected chi connectivity index (χ2v) is 5.80. The molecule has 2 unspecified atom stereocenters. The Balaban J connectivity index is 2.51. The smallest absolute Gasteiger partial charge is 0.119 e. The van der Waals surface area contributed by atoms with Gasteiger partial charge in [-0.05, 0) is 56.8 Å². The molecule has 0 aromatic heterocycles. The molecule has 108 valence electrons. The third kappa shape index (κ3) is 6.11. The van der Waals surface area contributed by atoms with Crippen molar-refractivity contribution in [1.82, 2.24) is 5.32 Å². The standard InChI is InChI=1S/C17H29NO/c1-6-11-18-15(5)16-7-9-17(10-8-16)19-14(4)12-13(2)3/h7-10,13-15,18H,6,11-12H2,1-5H3. The molecule has 0 saturated carbocycles. The molecule has 2 atom stereocenters. The summed E-state index contributed by atoms with van der Waals surface area (Å²) in [4.78, 5) is 0. The van der Waals surface area contributed by atoms with Crippen LogP contribution in [0.3, 0.4) is 0 Å². The van der Waals surface area contributed by atoms with Gasteiger partial charge in [-0.2, -0.15) is 0 Å². The van der Waals surface area contributed by atoms with Gasteiger partial charge in [-0.25, -0.2) is 0 Å². The van der Waals surface area contributed by atoms with Crippen LogP contribution < -0.4 is 10.1 Å². The monoisotopic (exact) mass is 263 g/mol. The lowest BCUT2D eigenvalue weighted by Crippen LogP contribution is -2.19. The first-order valence-corrected chi connectivity index (χ1v) is 7.53. The summed E-state index contributed by atoms with van der Waals surface area (Å²) in [5.74, 6) is 1.65. The highest BCUT2D eigenvalue weighted by Crippen LogP contribution is 2.20. The van der Waals surface area contributed by atoms with E-state index in [-0.39, 0.29) is 6.10 Å². The zero-order valence-electron chi connectivity index (χ0n) is 13.1. The van der Waals surface area contributed by atoms with E-state index in [0.717, 1.165) is 25.1 Å². The maximum absolute atomic E-state index is 5.92. The van der Waals surface area contributed by atoms with Crippen LogP contribution in [-0.2, 0) is 0 Å². The van der Waals surface area contributed by atoms with E-state index in [1.54, 1.807) is 0 Å². The fourth-order valence-corrected chi connectivity index (χ4v) is 2.26. The van der Waals surface area contributed by atoms with Crippen LogP contribution in [0.2, 0.25) is 0 Å². The van der Waals surface area contributed by atoms with Crippen LogP contribution in [0.4, 0.5) is 0 Å². The van der Waals surface area contributed by atoms with Crippen LogP contribution in [0.25, 0.3) is 0 Å². The average molecular weight is 263 g/mol. The molecule has 0 bridgehead atoms. The van der Waals surface area contributed by atoms with Crippen LogP contribution in [0.15, 0.2) is 24.3 Å². The lowest BCUT2D eigenvalue weighted by Gasteiger charge is -2.18. The Bertz CT molecular complexity index is 345. The van der Waals surface area contributed by atoms with Crippen molar-refractivity contribution in [1.29, 1.82) is 0 Å². The number of ether oxygens (including phenoxy) is 1. The fraction of sp³-hybridized carbons (Fsp3) is 0.647. The number of hydrogen-bond acceptors (Lipinski definition) is 2. The number of nitrogens with one attached hydrogen (secondary N) is 1. The Hall–Kier alpha value is -1.02. The predicted octanol–water partition coefficient (Wildman–Crippen LogP) is 4.56. The van der Waals surface area contributed by atoms with Crippen molar-refractivity contribution < 1.29 is 4.74 Å². The van der Waals surface area contributed by atoms with Gasteiger partial charge in [-0.1, -0.05) is 32.9 Å². The quantitative estimate of drug-likeness (QED) is 0.742. The minimum Gasteiger partial charge on any atom is -0.491 e.